The van der Waals surface area contributed by atoms with Crippen molar-refractivity contribution in [1.82, 2.24) is 0 Å². The topological polar surface area (TPSA) is 63.3 Å². The molecular formula is C43H85N2O2+. The molecule has 0 aromatic carbocycles. The summed E-state index contributed by atoms with van der Waals surface area (Å²) < 4.78 is 0.485. The van der Waals surface area contributed by atoms with E-state index in [-0.39, 0.29) is 17.7 Å². The number of nitrogens with two attached hydrogens (primary N) is 1. The molecule has 0 spiro atoms. The highest BCUT2D eigenvalue weighted by atomic mass is 16.3. The maximum absolute atomic E-state index is 13.3. The van der Waals surface area contributed by atoms with E-state index in [9.17, 15) is 9.90 Å². The number of nitrogens with zero attached hydrogens (tertiary/aromatic N) is 1. The highest BCUT2D eigenvalue weighted by Crippen LogP contribution is 2.24. The van der Waals surface area contributed by atoms with Crippen LogP contribution >= 0.6 is 0 Å². The van der Waals surface area contributed by atoms with E-state index in [1.165, 1.54) is 154 Å². The fourth-order valence-electron chi connectivity index (χ4n) is 6.76. The molecule has 278 valence electrons. The van der Waals surface area contributed by atoms with Gasteiger partial charge < -0.3 is 15.3 Å². The van der Waals surface area contributed by atoms with Crippen LogP contribution < -0.4 is 5.73 Å². The summed E-state index contributed by atoms with van der Waals surface area (Å²) in [6.45, 7) is 7.41. The third-order valence-electron chi connectivity index (χ3n) is 10.0. The van der Waals surface area contributed by atoms with Gasteiger partial charge in [-0.15, -0.1) is 0 Å². The predicted octanol–water partition coefficient (Wildman–Crippen LogP) is 12.4. The smallest absolute Gasteiger partial charge is 0.200 e. The van der Waals surface area contributed by atoms with Crippen LogP contribution in [0.1, 0.15) is 207 Å². The van der Waals surface area contributed by atoms with Gasteiger partial charge in [-0.3, -0.25) is 4.79 Å². The average Bonchev–Trinajstić information content (AvgIpc) is 3.04. The first kappa shape index (κ1) is 46.0. The highest BCUT2D eigenvalue weighted by Gasteiger charge is 2.38. The summed E-state index contributed by atoms with van der Waals surface area (Å²) in [5, 5.41) is 11.4. The fraction of sp³-hybridized carbons (Fsp3) is 0.884. The summed E-state index contributed by atoms with van der Waals surface area (Å²) in [5.74, 6) is -0.157. The van der Waals surface area contributed by atoms with Gasteiger partial charge in [-0.25, -0.2) is 0 Å². The zero-order valence-corrected chi connectivity index (χ0v) is 32.6. The number of hydrogen-bond donors (Lipinski definition) is 2. The molecule has 0 aromatic rings. The molecule has 0 amide bonds. The molecule has 0 saturated heterocycles. The van der Waals surface area contributed by atoms with Gasteiger partial charge in [0.2, 0.25) is 0 Å². The van der Waals surface area contributed by atoms with E-state index in [0.29, 0.717) is 17.3 Å². The number of ketones is 1. The second-order valence-corrected chi connectivity index (χ2v) is 15.5. The third kappa shape index (κ3) is 29.6. The molecule has 47 heavy (non-hydrogen) atoms. The summed E-state index contributed by atoms with van der Waals surface area (Å²) >= 11 is 0. The molecule has 0 bridgehead atoms. The van der Waals surface area contributed by atoms with Crippen molar-refractivity contribution in [2.75, 3.05) is 20.6 Å². The Morgan fingerprint density at radius 1 is 0.574 bits per heavy atom. The number of quaternary nitrogens is 1. The number of rotatable bonds is 36. The van der Waals surface area contributed by atoms with Gasteiger partial charge in [0.15, 0.2) is 6.23 Å². The minimum atomic E-state index is -0.681. The Bertz CT molecular complexity index is 729. The Morgan fingerprint density at radius 2 is 0.915 bits per heavy atom. The number of carbonyl (C=O) groups is 1. The fourth-order valence-corrected chi connectivity index (χ4v) is 6.76. The maximum atomic E-state index is 13.3. The van der Waals surface area contributed by atoms with Crippen molar-refractivity contribution in [3.8, 4) is 0 Å². The molecule has 3 atom stereocenters. The number of hydrogen-bond acceptors (Lipinski definition) is 3. The number of Topliss-reactive ketones (excluding diaryl/α,β-unsaturated/α-hetero) is 1. The highest BCUT2D eigenvalue weighted by molar-refractivity contribution is 5.81. The maximum Gasteiger partial charge on any atom is 0.200 e. The molecule has 4 heteroatoms. The lowest BCUT2D eigenvalue weighted by molar-refractivity contribution is -0.940. The zero-order valence-electron chi connectivity index (χ0n) is 32.6. The van der Waals surface area contributed by atoms with Crippen molar-refractivity contribution >= 4 is 5.78 Å². The van der Waals surface area contributed by atoms with Crippen LogP contribution in [0.3, 0.4) is 0 Å². The van der Waals surface area contributed by atoms with E-state index in [1.54, 1.807) is 0 Å². The van der Waals surface area contributed by atoms with Crippen LogP contribution in [0.5, 0.6) is 0 Å². The minimum Gasteiger partial charge on any atom is -0.344 e. The number of aliphatic hydroxyl groups excluding tert-OH is 1. The molecule has 0 radical (unpaired) electrons. The summed E-state index contributed by atoms with van der Waals surface area (Å²) in [6.07, 6.45) is 44.5. The van der Waals surface area contributed by atoms with Crippen molar-refractivity contribution in [3.63, 3.8) is 0 Å². The van der Waals surface area contributed by atoms with Gasteiger partial charge in [-0.05, 0) is 84.0 Å². The van der Waals surface area contributed by atoms with E-state index in [4.69, 9.17) is 5.73 Å². The first-order chi connectivity index (χ1) is 22.8. The Labute approximate surface area is 295 Å². The van der Waals surface area contributed by atoms with Crippen LogP contribution in [-0.2, 0) is 4.79 Å². The Balaban J connectivity index is 4.08. The van der Waals surface area contributed by atoms with Crippen LogP contribution in [-0.4, -0.2) is 48.3 Å². The number of allylic oxidation sites excluding steroid dienone is 4. The lowest BCUT2D eigenvalue weighted by Gasteiger charge is -2.38. The predicted molar refractivity (Wildman–Crippen MR) is 209 cm³/mol. The van der Waals surface area contributed by atoms with Gasteiger partial charge in [0.25, 0.3) is 0 Å². The zero-order chi connectivity index (χ0) is 34.9. The normalized spacial score (nSPS) is 14.4. The minimum absolute atomic E-state index is 0.0851. The molecule has 0 rings (SSSR count). The van der Waals surface area contributed by atoms with Gasteiger partial charge in [0, 0.05) is 12.5 Å². The molecule has 0 aliphatic heterocycles. The van der Waals surface area contributed by atoms with Crippen LogP contribution in [0, 0.1) is 5.92 Å². The summed E-state index contributed by atoms with van der Waals surface area (Å²) in [6, 6.07) is -0.0851. The van der Waals surface area contributed by atoms with E-state index in [2.05, 4.69) is 52.2 Å². The molecule has 0 fully saturated rings. The lowest BCUT2D eigenvalue weighted by atomic mass is 9.90. The quantitative estimate of drug-likeness (QED) is 0.0304. The van der Waals surface area contributed by atoms with Gasteiger partial charge in [0.1, 0.15) is 5.78 Å². The monoisotopic (exact) mass is 662 g/mol. The number of aliphatic hydroxyl groups is 1. The van der Waals surface area contributed by atoms with Crippen molar-refractivity contribution < 1.29 is 14.4 Å². The van der Waals surface area contributed by atoms with Gasteiger partial charge in [-0.1, -0.05) is 141 Å². The Morgan fingerprint density at radius 3 is 1.30 bits per heavy atom. The summed E-state index contributed by atoms with van der Waals surface area (Å²) in [7, 11) is 4.18. The second-order valence-electron chi connectivity index (χ2n) is 15.5. The molecule has 0 saturated carbocycles. The van der Waals surface area contributed by atoms with Crippen molar-refractivity contribution in [3.05, 3.63) is 24.3 Å². The van der Waals surface area contributed by atoms with E-state index < -0.39 is 6.23 Å². The second kappa shape index (κ2) is 33.5. The van der Waals surface area contributed by atoms with E-state index in [0.717, 1.165) is 25.8 Å². The standard InChI is InChI=1S/C43H85N2O2/c1-6-8-10-12-14-16-18-20-22-24-26-28-30-32-34-36-38-45(4,5)43(47)41(39-40(3)44)42(46)37-35-33-31-29-27-25-23-21-19-17-15-13-11-9-7-2/h20-23,40-41,43,47H,6-19,24-39,44H2,1-5H3/q+1/b22-20-,23-21-. The molecule has 0 aliphatic rings. The third-order valence-corrected chi connectivity index (χ3v) is 10.0. The molecule has 0 aromatic heterocycles. The van der Waals surface area contributed by atoms with Crippen LogP contribution in [0.25, 0.3) is 0 Å². The van der Waals surface area contributed by atoms with E-state index >= 15 is 0 Å². The van der Waals surface area contributed by atoms with Gasteiger partial charge in [-0.2, -0.15) is 0 Å². The molecule has 3 unspecified atom stereocenters. The molecular weight excluding hydrogens is 576 g/mol. The summed E-state index contributed by atoms with van der Waals surface area (Å²) in [4.78, 5) is 13.3. The van der Waals surface area contributed by atoms with Gasteiger partial charge >= 0.3 is 0 Å². The van der Waals surface area contributed by atoms with Crippen LogP contribution in [0.15, 0.2) is 24.3 Å². The molecule has 4 nitrogen and oxygen atoms in total. The number of unbranched alkanes of at least 4 members (excludes halogenated alkanes) is 23. The van der Waals surface area contributed by atoms with Crippen molar-refractivity contribution in [1.29, 1.82) is 0 Å². The SMILES string of the molecule is CCCCCCCC/C=C\CCCCCCCC[N+](C)(C)C(O)C(CC(C)N)C(=O)CCCCCCC/C=C\CCCCCCCC. The van der Waals surface area contributed by atoms with Crippen LogP contribution in [0.2, 0.25) is 0 Å². The first-order valence-electron chi connectivity index (χ1n) is 20.8. The summed E-state index contributed by atoms with van der Waals surface area (Å²) in [5.41, 5.74) is 6.16. The molecule has 0 aliphatic carbocycles. The van der Waals surface area contributed by atoms with E-state index in [1.807, 2.05) is 6.92 Å². The Kier molecular flexibility index (Phi) is 32.8. The first-order valence-corrected chi connectivity index (χ1v) is 20.8. The van der Waals surface area contributed by atoms with Crippen LogP contribution in [0.4, 0.5) is 0 Å². The molecule has 0 heterocycles. The van der Waals surface area contributed by atoms with Gasteiger partial charge in [0.05, 0.1) is 26.6 Å². The lowest BCUT2D eigenvalue weighted by Crippen LogP contribution is -2.55. The average molecular weight is 662 g/mol. The Hall–Kier alpha value is -0.970. The van der Waals surface area contributed by atoms with Crippen molar-refractivity contribution in [2.24, 2.45) is 11.7 Å². The molecule has 3 N–H and O–H groups in total. The van der Waals surface area contributed by atoms with Crippen molar-refractivity contribution in [2.45, 2.75) is 219 Å². The number of carbonyl (C=O) groups excluding carboxylic acids is 1. The largest absolute Gasteiger partial charge is 0.344 e.